The summed E-state index contributed by atoms with van der Waals surface area (Å²) in [6.07, 6.45) is 3.23. The van der Waals surface area contributed by atoms with Gasteiger partial charge in [0.1, 0.15) is 5.76 Å². The largest absolute Gasteiger partial charge is 0.361 e. The normalized spacial score (nSPS) is 15.4. The molecule has 0 atom stereocenters. The molecular weight excluding hydrogens is 320 g/mol. The fraction of sp³-hybridized carbons (Fsp3) is 0.722. The highest BCUT2D eigenvalue weighted by Gasteiger charge is 2.22. The Morgan fingerprint density at radius 1 is 1.20 bits per heavy atom. The lowest BCUT2D eigenvalue weighted by atomic mass is 10.1. The molecule has 1 aromatic heterocycles. The van der Waals surface area contributed by atoms with Crippen molar-refractivity contribution in [3.8, 4) is 0 Å². The Morgan fingerprint density at radius 3 is 2.52 bits per heavy atom. The molecule has 0 radical (unpaired) electrons. The third kappa shape index (κ3) is 5.85. The highest BCUT2D eigenvalue weighted by molar-refractivity contribution is 5.78. The summed E-state index contributed by atoms with van der Waals surface area (Å²) in [5.41, 5.74) is 1.90. The lowest BCUT2D eigenvalue weighted by Crippen LogP contribution is -2.51. The number of rotatable bonds is 8. The monoisotopic (exact) mass is 350 g/mol. The average molecular weight is 350 g/mol. The Hall–Kier alpha value is -1.89. The first kappa shape index (κ1) is 19.4. The second-order valence-electron chi connectivity index (χ2n) is 6.66. The summed E-state index contributed by atoms with van der Waals surface area (Å²) in [5.74, 6) is 1.03. The number of unbranched alkanes of at least 4 members (excludes halogenated alkanes) is 1. The van der Waals surface area contributed by atoms with E-state index in [9.17, 15) is 9.59 Å². The zero-order valence-electron chi connectivity index (χ0n) is 15.6. The first-order valence-corrected chi connectivity index (χ1v) is 9.19. The molecule has 2 amide bonds. The topological polar surface area (TPSA) is 78.7 Å². The van der Waals surface area contributed by atoms with E-state index in [1.54, 1.807) is 0 Å². The molecular formula is C18H30N4O3. The van der Waals surface area contributed by atoms with Gasteiger partial charge in [-0.3, -0.25) is 14.5 Å². The summed E-state index contributed by atoms with van der Waals surface area (Å²) >= 11 is 0. The van der Waals surface area contributed by atoms with E-state index in [0.717, 1.165) is 49.5 Å². The van der Waals surface area contributed by atoms with Gasteiger partial charge in [-0.2, -0.15) is 0 Å². The zero-order valence-corrected chi connectivity index (χ0v) is 15.6. The van der Waals surface area contributed by atoms with Crippen LogP contribution in [-0.2, 0) is 16.0 Å². The number of carbonyl (C=O) groups excluding carboxylic acids is 2. The third-order valence-corrected chi connectivity index (χ3v) is 4.71. The van der Waals surface area contributed by atoms with Crippen molar-refractivity contribution < 1.29 is 14.1 Å². The van der Waals surface area contributed by atoms with Crippen LogP contribution in [0.5, 0.6) is 0 Å². The van der Waals surface area contributed by atoms with Gasteiger partial charge >= 0.3 is 0 Å². The fourth-order valence-electron chi connectivity index (χ4n) is 3.07. The number of aromatic nitrogens is 1. The molecule has 0 bridgehead atoms. The molecule has 0 saturated carbocycles. The molecule has 140 valence electrons. The summed E-state index contributed by atoms with van der Waals surface area (Å²) in [4.78, 5) is 28.3. The molecule has 0 unspecified atom stereocenters. The molecule has 25 heavy (non-hydrogen) atoms. The molecule has 2 heterocycles. The molecule has 1 saturated heterocycles. The van der Waals surface area contributed by atoms with Gasteiger partial charge in [0.25, 0.3) is 0 Å². The van der Waals surface area contributed by atoms with Crippen molar-refractivity contribution in [2.75, 3.05) is 39.3 Å². The number of nitrogens with one attached hydrogen (secondary N) is 1. The Labute approximate surface area is 149 Å². The van der Waals surface area contributed by atoms with Gasteiger partial charge in [0.2, 0.25) is 11.8 Å². The average Bonchev–Trinajstić information content (AvgIpc) is 2.92. The molecule has 0 spiro atoms. The lowest BCUT2D eigenvalue weighted by Gasteiger charge is -2.34. The smallest absolute Gasteiger partial charge is 0.234 e. The highest BCUT2D eigenvalue weighted by atomic mass is 16.5. The van der Waals surface area contributed by atoms with Gasteiger partial charge in [0, 0.05) is 44.7 Å². The van der Waals surface area contributed by atoms with Gasteiger partial charge in [-0.1, -0.05) is 18.5 Å². The van der Waals surface area contributed by atoms with Crippen LogP contribution < -0.4 is 5.32 Å². The van der Waals surface area contributed by atoms with Crippen molar-refractivity contribution in [3.63, 3.8) is 0 Å². The standard InChI is InChI=1S/C18H30N4O3/c1-4-5-8-19-17(23)13-21-9-11-22(12-10-21)18(24)7-6-16-14(2)20-25-15(16)3/h4-13H2,1-3H3,(H,19,23). The molecule has 7 nitrogen and oxygen atoms in total. The van der Waals surface area contributed by atoms with E-state index in [0.29, 0.717) is 32.5 Å². The van der Waals surface area contributed by atoms with Crippen LogP contribution in [0.4, 0.5) is 0 Å². The SMILES string of the molecule is CCCCNC(=O)CN1CCN(C(=O)CCc2c(C)noc2C)CC1. The molecule has 2 rings (SSSR count). The van der Waals surface area contributed by atoms with Crippen LogP contribution in [0.3, 0.4) is 0 Å². The van der Waals surface area contributed by atoms with Gasteiger partial charge in [-0.25, -0.2) is 0 Å². The molecule has 0 aromatic carbocycles. The number of carbonyl (C=O) groups is 2. The summed E-state index contributed by atoms with van der Waals surface area (Å²) in [5, 5.41) is 6.86. The van der Waals surface area contributed by atoms with E-state index in [4.69, 9.17) is 4.52 Å². The molecule has 1 aliphatic rings. The Kier molecular flexibility index (Phi) is 7.43. The van der Waals surface area contributed by atoms with Crippen LogP contribution in [0.2, 0.25) is 0 Å². The highest BCUT2D eigenvalue weighted by Crippen LogP contribution is 2.15. The minimum atomic E-state index is 0.0756. The van der Waals surface area contributed by atoms with Crippen molar-refractivity contribution >= 4 is 11.8 Å². The predicted octanol–water partition coefficient (Wildman–Crippen LogP) is 1.28. The maximum Gasteiger partial charge on any atom is 0.234 e. The first-order valence-electron chi connectivity index (χ1n) is 9.19. The van der Waals surface area contributed by atoms with E-state index in [1.807, 2.05) is 18.7 Å². The van der Waals surface area contributed by atoms with Crippen LogP contribution in [0, 0.1) is 13.8 Å². The van der Waals surface area contributed by atoms with Crippen LogP contribution >= 0.6 is 0 Å². The number of nitrogens with zero attached hydrogens (tertiary/aromatic N) is 3. The van der Waals surface area contributed by atoms with Crippen molar-refractivity contribution in [3.05, 3.63) is 17.0 Å². The second-order valence-corrected chi connectivity index (χ2v) is 6.66. The molecule has 1 N–H and O–H groups in total. The number of hydrogen-bond donors (Lipinski definition) is 1. The van der Waals surface area contributed by atoms with Gasteiger partial charge in [0.05, 0.1) is 12.2 Å². The Bertz CT molecular complexity index is 557. The second kappa shape index (κ2) is 9.56. The zero-order chi connectivity index (χ0) is 18.2. The maximum atomic E-state index is 12.4. The molecule has 7 heteroatoms. The van der Waals surface area contributed by atoms with Crippen LogP contribution in [0.1, 0.15) is 43.2 Å². The lowest BCUT2D eigenvalue weighted by molar-refractivity contribution is -0.133. The van der Waals surface area contributed by atoms with Gasteiger partial charge in [-0.05, 0) is 26.7 Å². The number of aryl methyl sites for hydroxylation is 2. The maximum absolute atomic E-state index is 12.4. The number of piperazine rings is 1. The summed E-state index contributed by atoms with van der Waals surface area (Å²) in [7, 11) is 0. The third-order valence-electron chi connectivity index (χ3n) is 4.71. The Morgan fingerprint density at radius 2 is 1.92 bits per heavy atom. The van der Waals surface area contributed by atoms with Crippen LogP contribution in [-0.4, -0.2) is 66.0 Å². The van der Waals surface area contributed by atoms with E-state index in [2.05, 4.69) is 22.3 Å². The van der Waals surface area contributed by atoms with E-state index in [1.165, 1.54) is 0 Å². The van der Waals surface area contributed by atoms with Gasteiger partial charge < -0.3 is 14.7 Å². The number of amides is 2. The Balaban J connectivity index is 1.69. The van der Waals surface area contributed by atoms with Crippen molar-refractivity contribution in [1.82, 2.24) is 20.3 Å². The number of hydrogen-bond acceptors (Lipinski definition) is 5. The molecule has 1 fully saturated rings. The fourth-order valence-corrected chi connectivity index (χ4v) is 3.07. The molecule has 1 aromatic rings. The van der Waals surface area contributed by atoms with Crippen LogP contribution in [0.25, 0.3) is 0 Å². The van der Waals surface area contributed by atoms with E-state index < -0.39 is 0 Å². The first-order chi connectivity index (χ1) is 12.0. The summed E-state index contributed by atoms with van der Waals surface area (Å²) in [6.45, 7) is 9.92. The summed E-state index contributed by atoms with van der Waals surface area (Å²) < 4.78 is 5.14. The van der Waals surface area contributed by atoms with E-state index in [-0.39, 0.29) is 11.8 Å². The molecule has 0 aliphatic carbocycles. The van der Waals surface area contributed by atoms with E-state index >= 15 is 0 Å². The van der Waals surface area contributed by atoms with Gasteiger partial charge in [0.15, 0.2) is 0 Å². The quantitative estimate of drug-likeness (QED) is 0.715. The molecule has 1 aliphatic heterocycles. The van der Waals surface area contributed by atoms with Crippen LogP contribution in [0.15, 0.2) is 4.52 Å². The van der Waals surface area contributed by atoms with Crippen molar-refractivity contribution in [2.45, 2.75) is 46.5 Å². The van der Waals surface area contributed by atoms with Crippen molar-refractivity contribution in [1.29, 1.82) is 0 Å². The van der Waals surface area contributed by atoms with Gasteiger partial charge in [-0.15, -0.1) is 0 Å². The summed E-state index contributed by atoms with van der Waals surface area (Å²) in [6, 6.07) is 0. The minimum absolute atomic E-state index is 0.0756. The minimum Gasteiger partial charge on any atom is -0.361 e. The van der Waals surface area contributed by atoms with Crippen molar-refractivity contribution in [2.24, 2.45) is 0 Å². The predicted molar refractivity (Wildman–Crippen MR) is 95.2 cm³/mol.